The molecule has 4 heteroatoms. The van der Waals surface area contributed by atoms with Crippen molar-refractivity contribution in [3.8, 4) is 0 Å². The lowest BCUT2D eigenvalue weighted by atomic mass is 9.78. The van der Waals surface area contributed by atoms with Crippen LogP contribution in [0, 0.1) is 11.8 Å². The monoisotopic (exact) mass is 268 g/mol. The number of esters is 1. The minimum Gasteiger partial charge on any atom is -0.469 e. The topological polar surface area (TPSA) is 55.8 Å². The van der Waals surface area contributed by atoms with Crippen molar-refractivity contribution in [2.45, 2.75) is 50.7 Å². The Balaban J connectivity index is 1.66. The number of carbonyl (C=O) groups is 1. The van der Waals surface area contributed by atoms with E-state index in [4.69, 9.17) is 4.74 Å². The van der Waals surface area contributed by atoms with Gasteiger partial charge in [0.2, 0.25) is 0 Å². The summed E-state index contributed by atoms with van der Waals surface area (Å²) in [6, 6.07) is 0. The lowest BCUT2D eigenvalue weighted by Crippen LogP contribution is -2.29. The first-order valence-electron chi connectivity index (χ1n) is 7.24. The van der Waals surface area contributed by atoms with E-state index in [1.165, 1.54) is 7.11 Å². The molecule has 0 radical (unpaired) electrons. The van der Waals surface area contributed by atoms with Crippen LogP contribution in [0.2, 0.25) is 0 Å². The molecule has 2 aliphatic heterocycles. The number of allylic oxidation sites excluding steroid dienone is 2. The highest BCUT2D eigenvalue weighted by molar-refractivity contribution is 5.68. The van der Waals surface area contributed by atoms with E-state index < -0.39 is 0 Å². The lowest BCUT2D eigenvalue weighted by Gasteiger charge is -2.25. The van der Waals surface area contributed by atoms with Crippen molar-refractivity contribution in [3.63, 3.8) is 0 Å². The third-order valence-electron chi connectivity index (χ3n) is 4.36. The Hall–Kier alpha value is -0.870. The van der Waals surface area contributed by atoms with Gasteiger partial charge in [-0.1, -0.05) is 12.2 Å². The van der Waals surface area contributed by atoms with Crippen LogP contribution in [0.5, 0.6) is 0 Å². The van der Waals surface area contributed by atoms with Crippen LogP contribution in [-0.4, -0.2) is 37.0 Å². The molecule has 0 aliphatic carbocycles. The average Bonchev–Trinajstić information content (AvgIpc) is 3.02. The summed E-state index contributed by atoms with van der Waals surface area (Å²) >= 11 is 0. The number of aliphatic hydroxyl groups is 1. The van der Waals surface area contributed by atoms with Crippen molar-refractivity contribution in [3.05, 3.63) is 12.2 Å². The van der Waals surface area contributed by atoms with E-state index in [0.717, 1.165) is 32.1 Å². The van der Waals surface area contributed by atoms with Crippen molar-refractivity contribution >= 4 is 5.97 Å². The molecule has 4 atom stereocenters. The predicted octanol–water partition coefficient (Wildman–Crippen LogP) is 2.06. The molecule has 2 saturated heterocycles. The van der Waals surface area contributed by atoms with Gasteiger partial charge in [0.15, 0.2) is 0 Å². The van der Waals surface area contributed by atoms with E-state index in [9.17, 15) is 9.90 Å². The van der Waals surface area contributed by atoms with Gasteiger partial charge in [-0.2, -0.15) is 0 Å². The standard InChI is InChI=1S/C15H24O4/c1-18-15(17)7-5-3-2-4-6-11-12(10-16)14-9-8-13(11)19-14/h2,4,11-14,16H,3,5-10H2,1H3/b4-2-/t11-,12+,13+,14-/m1/s1. The molecule has 0 saturated carbocycles. The van der Waals surface area contributed by atoms with Crippen LogP contribution in [0.3, 0.4) is 0 Å². The molecule has 2 aliphatic rings. The molecule has 0 amide bonds. The molecule has 4 nitrogen and oxygen atoms in total. The van der Waals surface area contributed by atoms with Gasteiger partial charge in [-0.05, 0) is 38.0 Å². The van der Waals surface area contributed by atoms with Crippen molar-refractivity contribution in [1.29, 1.82) is 0 Å². The largest absolute Gasteiger partial charge is 0.469 e. The van der Waals surface area contributed by atoms with E-state index in [-0.39, 0.29) is 18.7 Å². The number of unbranched alkanes of at least 4 members (excludes halogenated alkanes) is 1. The van der Waals surface area contributed by atoms with E-state index in [2.05, 4.69) is 16.9 Å². The van der Waals surface area contributed by atoms with Gasteiger partial charge in [0.1, 0.15) is 0 Å². The zero-order valence-corrected chi connectivity index (χ0v) is 11.6. The summed E-state index contributed by atoms with van der Waals surface area (Å²) in [7, 11) is 1.42. The van der Waals surface area contributed by atoms with Crippen LogP contribution < -0.4 is 0 Å². The van der Waals surface area contributed by atoms with Crippen molar-refractivity contribution in [1.82, 2.24) is 0 Å². The lowest BCUT2D eigenvalue weighted by molar-refractivity contribution is -0.140. The highest BCUT2D eigenvalue weighted by atomic mass is 16.5. The number of hydrogen-bond acceptors (Lipinski definition) is 4. The number of hydrogen-bond donors (Lipinski definition) is 1. The van der Waals surface area contributed by atoms with E-state index in [1.54, 1.807) is 0 Å². The summed E-state index contributed by atoms with van der Waals surface area (Å²) < 4.78 is 10.5. The Labute approximate surface area is 114 Å². The number of carbonyl (C=O) groups excluding carboxylic acids is 1. The summed E-state index contributed by atoms with van der Waals surface area (Å²) in [4.78, 5) is 10.9. The summed E-state index contributed by atoms with van der Waals surface area (Å²) in [5, 5.41) is 9.43. The van der Waals surface area contributed by atoms with Gasteiger partial charge < -0.3 is 14.6 Å². The Morgan fingerprint density at radius 1 is 1.32 bits per heavy atom. The second-order valence-electron chi connectivity index (χ2n) is 5.48. The van der Waals surface area contributed by atoms with E-state index >= 15 is 0 Å². The summed E-state index contributed by atoms with van der Waals surface area (Å²) in [6.45, 7) is 0.238. The molecule has 1 N–H and O–H groups in total. The van der Waals surface area contributed by atoms with Crippen LogP contribution >= 0.6 is 0 Å². The van der Waals surface area contributed by atoms with E-state index in [1.807, 2.05) is 0 Å². The normalized spacial score (nSPS) is 33.2. The first-order valence-corrected chi connectivity index (χ1v) is 7.24. The maximum absolute atomic E-state index is 10.9. The molecule has 2 bridgehead atoms. The fourth-order valence-electron chi connectivity index (χ4n) is 3.29. The van der Waals surface area contributed by atoms with Gasteiger partial charge in [0, 0.05) is 18.9 Å². The third-order valence-corrected chi connectivity index (χ3v) is 4.36. The molecule has 2 fully saturated rings. The number of fused-ring (bicyclic) bond motifs is 2. The van der Waals surface area contributed by atoms with Crippen molar-refractivity contribution in [2.24, 2.45) is 11.8 Å². The number of ether oxygens (including phenoxy) is 2. The van der Waals surface area contributed by atoms with Crippen LogP contribution in [-0.2, 0) is 14.3 Å². The minimum absolute atomic E-state index is 0.143. The molecule has 0 aromatic rings. The summed E-state index contributed by atoms with van der Waals surface area (Å²) in [5.41, 5.74) is 0. The summed E-state index contributed by atoms with van der Waals surface area (Å²) in [5.74, 6) is 0.648. The van der Waals surface area contributed by atoms with Gasteiger partial charge in [0.05, 0.1) is 19.3 Å². The number of rotatable bonds is 7. The minimum atomic E-state index is -0.143. The summed E-state index contributed by atoms with van der Waals surface area (Å²) in [6.07, 6.45) is 10.4. The SMILES string of the molecule is COC(=O)CCC/C=C\C[C@@H]1[C@H](CO)[C@H]2CC[C@@H]1O2. The maximum Gasteiger partial charge on any atom is 0.305 e. The van der Waals surface area contributed by atoms with E-state index in [0.29, 0.717) is 24.4 Å². The van der Waals surface area contributed by atoms with Gasteiger partial charge in [-0.25, -0.2) is 0 Å². The van der Waals surface area contributed by atoms with Gasteiger partial charge in [-0.15, -0.1) is 0 Å². The molecule has 0 aromatic carbocycles. The fourth-order valence-corrected chi connectivity index (χ4v) is 3.29. The Morgan fingerprint density at radius 3 is 2.74 bits per heavy atom. The van der Waals surface area contributed by atoms with Crippen molar-refractivity contribution < 1.29 is 19.4 Å². The zero-order chi connectivity index (χ0) is 13.7. The molecule has 2 rings (SSSR count). The van der Waals surface area contributed by atoms with Gasteiger partial charge in [-0.3, -0.25) is 4.79 Å². The van der Waals surface area contributed by atoms with Crippen LogP contribution in [0.4, 0.5) is 0 Å². The molecule has 19 heavy (non-hydrogen) atoms. The zero-order valence-electron chi connectivity index (χ0n) is 11.6. The van der Waals surface area contributed by atoms with Crippen LogP contribution in [0.15, 0.2) is 12.2 Å². The molecule has 0 unspecified atom stereocenters. The molecule has 0 aromatic heterocycles. The van der Waals surface area contributed by atoms with Gasteiger partial charge in [0.25, 0.3) is 0 Å². The first kappa shape index (κ1) is 14.5. The van der Waals surface area contributed by atoms with Crippen LogP contribution in [0.1, 0.15) is 38.5 Å². The average molecular weight is 268 g/mol. The molecule has 2 heterocycles. The quantitative estimate of drug-likeness (QED) is 0.436. The fraction of sp³-hybridized carbons (Fsp3) is 0.800. The van der Waals surface area contributed by atoms with Crippen molar-refractivity contribution in [2.75, 3.05) is 13.7 Å². The maximum atomic E-state index is 10.9. The van der Waals surface area contributed by atoms with Crippen LogP contribution in [0.25, 0.3) is 0 Å². The number of aliphatic hydroxyl groups excluding tert-OH is 1. The predicted molar refractivity (Wildman–Crippen MR) is 71.6 cm³/mol. The second-order valence-corrected chi connectivity index (χ2v) is 5.48. The highest BCUT2D eigenvalue weighted by Gasteiger charge is 2.47. The Bertz CT molecular complexity index is 326. The molecule has 0 spiro atoms. The third kappa shape index (κ3) is 3.57. The highest BCUT2D eigenvalue weighted by Crippen LogP contribution is 2.44. The Kier molecular flexibility index (Phi) is 5.40. The molecular formula is C15H24O4. The Morgan fingerprint density at radius 2 is 2.05 bits per heavy atom. The van der Waals surface area contributed by atoms with Gasteiger partial charge >= 0.3 is 5.97 Å². The smallest absolute Gasteiger partial charge is 0.305 e. The molecule has 108 valence electrons. The molecular weight excluding hydrogens is 244 g/mol. The first-order chi connectivity index (χ1) is 9.26. The second kappa shape index (κ2) is 7.06. The number of methoxy groups -OCH3 is 1.